The summed E-state index contributed by atoms with van der Waals surface area (Å²) in [6.07, 6.45) is 42.7. The summed E-state index contributed by atoms with van der Waals surface area (Å²) in [7, 11) is 0. The second-order valence-electron chi connectivity index (χ2n) is 20.1. The van der Waals surface area contributed by atoms with Crippen molar-refractivity contribution < 1.29 is 0 Å². The van der Waals surface area contributed by atoms with E-state index in [1.165, 1.54) is 202 Å². The van der Waals surface area contributed by atoms with Crippen molar-refractivity contribution in [2.24, 2.45) is 0 Å². The molecule has 0 saturated heterocycles. The van der Waals surface area contributed by atoms with Crippen molar-refractivity contribution in [2.75, 3.05) is 0 Å². The zero-order chi connectivity index (χ0) is 41.6. The van der Waals surface area contributed by atoms with Crippen molar-refractivity contribution in [3.63, 3.8) is 0 Å². The molecule has 0 fully saturated rings. The topological polar surface area (TPSA) is 0 Å². The first kappa shape index (κ1) is 51.3. The van der Waals surface area contributed by atoms with E-state index in [1.807, 2.05) is 0 Å². The van der Waals surface area contributed by atoms with Gasteiger partial charge in [-0.3, -0.25) is 0 Å². The molecule has 328 valence electrons. The van der Waals surface area contributed by atoms with E-state index in [0.29, 0.717) is 0 Å². The number of unbranched alkanes of at least 4 members (excludes halogenated alkanes) is 26. The number of thiophene rings is 4. The van der Waals surface area contributed by atoms with Crippen molar-refractivity contribution >= 4 is 97.3 Å². The summed E-state index contributed by atoms with van der Waals surface area (Å²) in [6, 6.07) is 10.5. The summed E-state index contributed by atoms with van der Waals surface area (Å²) in [4.78, 5) is 21.9. The van der Waals surface area contributed by atoms with Crippen LogP contribution in [0.2, 0.25) is 29.6 Å². The summed E-state index contributed by atoms with van der Waals surface area (Å²) in [5, 5.41) is 0. The van der Waals surface area contributed by atoms with Crippen molar-refractivity contribution in [1.82, 2.24) is 0 Å². The van der Waals surface area contributed by atoms with Gasteiger partial charge < -0.3 is 0 Å². The molecule has 0 aliphatic heterocycles. The first-order chi connectivity index (χ1) is 28.0. The zero-order valence-corrected chi connectivity index (χ0v) is 48.1. The Balaban J connectivity index is 1.27. The van der Waals surface area contributed by atoms with Gasteiger partial charge in [0.2, 0.25) is 0 Å². The molecule has 0 saturated carbocycles. The van der Waals surface area contributed by atoms with Gasteiger partial charge in [-0.1, -0.05) is 90.9 Å². The summed E-state index contributed by atoms with van der Waals surface area (Å²) in [5.41, 5.74) is 3.33. The van der Waals surface area contributed by atoms with Crippen LogP contribution in [0.15, 0.2) is 24.3 Å². The Morgan fingerprint density at radius 2 is 0.586 bits per heavy atom. The average Bonchev–Trinajstić information content (AvgIpc) is 3.97. The molecule has 0 bridgehead atoms. The third-order valence-corrected chi connectivity index (χ3v) is 36.2. The number of hydrogen-bond donors (Lipinski definition) is 0. The first-order valence-electron chi connectivity index (χ1n) is 24.8. The Morgan fingerprint density at radius 3 is 0.845 bits per heavy atom. The SMILES string of the molecule is CCCCCCCCCCCCCCCCc1c[c]([Sn]([CH3])([CH3])[CH3])sc1-c1cc2sc(-c3s[c]([Sn]([CH3])([CH3])[CH3])cc3CCCCCCCCCCCCCCCC)cc2s1. The number of aryl methyl sites for hydroxylation is 2. The van der Waals surface area contributed by atoms with Gasteiger partial charge in [-0.15, -0.1) is 0 Å². The molecule has 0 N–H and O–H groups in total. The van der Waals surface area contributed by atoms with Gasteiger partial charge in [0.15, 0.2) is 0 Å². The Bertz CT molecular complexity index is 1500. The van der Waals surface area contributed by atoms with Gasteiger partial charge in [0.25, 0.3) is 0 Å². The summed E-state index contributed by atoms with van der Waals surface area (Å²) in [5.74, 6) is 0. The predicted octanol–water partition coefficient (Wildman–Crippen LogP) is 19.6. The standard InChI is InChI=1S/C46H70S4.6CH3.2Sn/c1-3-5-7-9-11-13-15-17-19-21-23-25-27-29-31-39-33-35-47-45(39)43-37-41-42(49-43)38-44(50-41)46-40(34-36-48-46)32-30-28-26-24-22-20-18-16-14-12-10-8-6-4-2;;;;;;;;/h33-34,37-38H,3-32H2,1-2H3;6*1H3;;. The molecule has 0 aliphatic rings. The van der Waals surface area contributed by atoms with Crippen molar-refractivity contribution in [3.05, 3.63) is 35.4 Å². The molecule has 0 amide bonds. The third kappa shape index (κ3) is 18.8. The summed E-state index contributed by atoms with van der Waals surface area (Å²) >= 11 is 4.20. The van der Waals surface area contributed by atoms with Crippen LogP contribution in [0.1, 0.15) is 205 Å². The number of hydrogen-bond acceptors (Lipinski definition) is 4. The fourth-order valence-corrected chi connectivity index (χ4v) is 24.1. The molecular weight excluding hydrogens is 990 g/mol. The van der Waals surface area contributed by atoms with Crippen LogP contribution in [0, 0.1) is 0 Å². The van der Waals surface area contributed by atoms with Gasteiger partial charge in [0, 0.05) is 0 Å². The van der Waals surface area contributed by atoms with E-state index in [2.05, 4.69) is 113 Å². The van der Waals surface area contributed by atoms with Gasteiger partial charge in [-0.2, -0.15) is 0 Å². The van der Waals surface area contributed by atoms with E-state index in [4.69, 9.17) is 0 Å². The van der Waals surface area contributed by atoms with Gasteiger partial charge >= 0.3 is 297 Å². The molecule has 4 rings (SSSR count). The van der Waals surface area contributed by atoms with Gasteiger partial charge in [-0.05, 0) is 0 Å². The maximum atomic E-state index is 2.67. The average molecular weight is 1080 g/mol. The molecule has 4 aromatic rings. The molecule has 0 nitrogen and oxygen atoms in total. The van der Waals surface area contributed by atoms with Crippen LogP contribution in [0.3, 0.4) is 0 Å². The summed E-state index contributed by atoms with van der Waals surface area (Å²) in [6.45, 7) is 4.63. The molecule has 58 heavy (non-hydrogen) atoms. The van der Waals surface area contributed by atoms with Crippen LogP contribution in [-0.4, -0.2) is 36.8 Å². The fourth-order valence-electron chi connectivity index (χ4n) is 8.46. The monoisotopic (exact) mass is 1080 g/mol. The Morgan fingerprint density at radius 1 is 0.328 bits per heavy atom. The zero-order valence-electron chi connectivity index (χ0n) is 39.2. The first-order valence-corrected chi connectivity index (χ1v) is 48.1. The van der Waals surface area contributed by atoms with E-state index in [9.17, 15) is 0 Å². The van der Waals surface area contributed by atoms with E-state index in [-0.39, 0.29) is 0 Å². The molecule has 0 atom stereocenters. The van der Waals surface area contributed by atoms with E-state index >= 15 is 0 Å². The second-order valence-corrected chi connectivity index (χ2v) is 55.2. The normalized spacial score (nSPS) is 12.5. The van der Waals surface area contributed by atoms with Crippen LogP contribution < -0.4 is 5.79 Å². The Kier molecular flexibility index (Phi) is 25.2. The van der Waals surface area contributed by atoms with Crippen LogP contribution in [0.4, 0.5) is 0 Å². The summed E-state index contributed by atoms with van der Waals surface area (Å²) < 4.78 is 6.55. The van der Waals surface area contributed by atoms with Crippen LogP contribution in [-0.2, 0) is 12.8 Å². The molecule has 0 spiro atoms. The van der Waals surface area contributed by atoms with E-state index < -0.39 is 36.8 Å². The Hall–Kier alpha value is 0.657. The Labute approximate surface area is 384 Å². The predicted molar refractivity (Wildman–Crippen MR) is 280 cm³/mol. The molecular formula is C52H88S4Sn2. The van der Waals surface area contributed by atoms with Crippen LogP contribution >= 0.6 is 45.3 Å². The van der Waals surface area contributed by atoms with E-state index in [1.54, 1.807) is 36.4 Å². The minimum absolute atomic E-state index is 1.27. The van der Waals surface area contributed by atoms with Crippen molar-refractivity contribution in [3.8, 4) is 19.5 Å². The second kappa shape index (κ2) is 28.4. The van der Waals surface area contributed by atoms with Crippen molar-refractivity contribution in [1.29, 1.82) is 0 Å². The quantitative estimate of drug-likeness (QED) is 0.0323. The fraction of sp³-hybridized carbons (Fsp3) is 0.731. The maximum absolute atomic E-state index is 2.67. The van der Waals surface area contributed by atoms with Crippen LogP contribution in [0.5, 0.6) is 0 Å². The molecule has 0 aliphatic carbocycles. The van der Waals surface area contributed by atoms with Crippen molar-refractivity contribution in [2.45, 2.75) is 236 Å². The molecule has 4 aromatic heterocycles. The molecule has 0 radical (unpaired) electrons. The van der Waals surface area contributed by atoms with Gasteiger partial charge in [0.1, 0.15) is 0 Å². The minimum atomic E-state index is -2.16. The molecule has 4 heterocycles. The molecule has 0 aromatic carbocycles. The van der Waals surface area contributed by atoms with Crippen LogP contribution in [0.25, 0.3) is 28.9 Å². The third-order valence-electron chi connectivity index (χ3n) is 12.4. The van der Waals surface area contributed by atoms with E-state index in [0.717, 1.165) is 0 Å². The number of rotatable bonds is 34. The molecule has 6 heteroatoms. The van der Waals surface area contributed by atoms with Gasteiger partial charge in [-0.25, -0.2) is 0 Å². The van der Waals surface area contributed by atoms with Gasteiger partial charge in [0.05, 0.1) is 0 Å². The molecule has 0 unspecified atom stereocenters. The number of fused-ring (bicyclic) bond motifs is 1.